The zero-order chi connectivity index (χ0) is 23.3. The Labute approximate surface area is 193 Å². The van der Waals surface area contributed by atoms with Gasteiger partial charge in [0.1, 0.15) is 0 Å². The summed E-state index contributed by atoms with van der Waals surface area (Å²) in [5.74, 6) is -0.312. The van der Waals surface area contributed by atoms with Crippen molar-refractivity contribution in [3.63, 3.8) is 0 Å². The first kappa shape index (κ1) is 23.8. The summed E-state index contributed by atoms with van der Waals surface area (Å²) in [6.45, 7) is 10.1. The van der Waals surface area contributed by atoms with E-state index in [0.717, 1.165) is 11.3 Å². The van der Waals surface area contributed by atoms with Crippen molar-refractivity contribution >= 4 is 32.4 Å². The number of aromatic nitrogens is 1. The third-order valence-electron chi connectivity index (χ3n) is 5.13. The number of carbonyl (C=O) groups excluding carboxylic acids is 1. The molecule has 1 amide bonds. The first-order chi connectivity index (χ1) is 15.3. The molecule has 0 aliphatic rings. The van der Waals surface area contributed by atoms with Gasteiger partial charge in [-0.05, 0) is 24.6 Å². The summed E-state index contributed by atoms with van der Waals surface area (Å²) in [5, 5.41) is 2.44. The number of hydrogen-bond acceptors (Lipinski definition) is 5. The van der Waals surface area contributed by atoms with Gasteiger partial charge in [0, 0.05) is 36.1 Å². The topological polar surface area (TPSA) is 70.6 Å². The van der Waals surface area contributed by atoms with E-state index in [4.69, 9.17) is 0 Å². The van der Waals surface area contributed by atoms with Crippen LogP contribution in [0, 0.1) is 6.92 Å². The summed E-state index contributed by atoms with van der Waals surface area (Å²) in [6, 6.07) is 14.4. The molecule has 0 fully saturated rings. The van der Waals surface area contributed by atoms with Crippen LogP contribution in [0.4, 0.5) is 5.13 Å². The maximum Gasteiger partial charge on any atom is 0.260 e. The molecule has 0 atom stereocenters. The fourth-order valence-electron chi connectivity index (χ4n) is 3.36. The van der Waals surface area contributed by atoms with Gasteiger partial charge in [0.05, 0.1) is 10.6 Å². The van der Waals surface area contributed by atoms with Gasteiger partial charge < -0.3 is 0 Å². The van der Waals surface area contributed by atoms with Crippen LogP contribution < -0.4 is 4.90 Å². The molecule has 6 nitrogen and oxygen atoms in total. The Hall–Kier alpha value is -2.81. The van der Waals surface area contributed by atoms with E-state index in [1.165, 1.54) is 26.6 Å². The predicted molar refractivity (Wildman–Crippen MR) is 131 cm³/mol. The third-order valence-corrected chi connectivity index (χ3v) is 8.04. The van der Waals surface area contributed by atoms with Crippen molar-refractivity contribution in [2.45, 2.75) is 25.7 Å². The molecule has 0 radical (unpaired) electrons. The SMILES string of the molecule is C=CCN(C(=O)c1cc(S(=O)(=O)N(CC)CC)ccc1C)c1nc(-c2ccccc2)cs1. The fraction of sp³-hybridized carbons (Fsp3) is 0.250. The van der Waals surface area contributed by atoms with Gasteiger partial charge in [-0.2, -0.15) is 4.31 Å². The normalized spacial score (nSPS) is 11.5. The Morgan fingerprint density at radius 1 is 1.12 bits per heavy atom. The van der Waals surface area contributed by atoms with Crippen molar-refractivity contribution < 1.29 is 13.2 Å². The molecular weight excluding hydrogens is 442 g/mol. The van der Waals surface area contributed by atoms with E-state index in [0.29, 0.717) is 29.3 Å². The maximum absolute atomic E-state index is 13.5. The van der Waals surface area contributed by atoms with Gasteiger partial charge in [-0.3, -0.25) is 9.69 Å². The summed E-state index contributed by atoms with van der Waals surface area (Å²) in [4.78, 5) is 19.8. The molecule has 3 rings (SSSR count). The highest BCUT2D eigenvalue weighted by molar-refractivity contribution is 7.89. The highest BCUT2D eigenvalue weighted by atomic mass is 32.2. The average Bonchev–Trinajstić information content (AvgIpc) is 3.28. The van der Waals surface area contributed by atoms with E-state index < -0.39 is 10.0 Å². The van der Waals surface area contributed by atoms with Gasteiger partial charge >= 0.3 is 0 Å². The Balaban J connectivity index is 2.00. The number of anilines is 1. The minimum Gasteiger partial charge on any atom is -0.280 e. The first-order valence-corrected chi connectivity index (χ1v) is 12.7. The van der Waals surface area contributed by atoms with Crippen LogP contribution in [0.5, 0.6) is 0 Å². The molecule has 168 valence electrons. The summed E-state index contributed by atoms with van der Waals surface area (Å²) < 4.78 is 27.3. The average molecular weight is 470 g/mol. The van der Waals surface area contributed by atoms with Crippen LogP contribution in [-0.4, -0.2) is 43.2 Å². The molecule has 0 saturated carbocycles. The maximum atomic E-state index is 13.5. The highest BCUT2D eigenvalue weighted by Crippen LogP contribution is 2.29. The van der Waals surface area contributed by atoms with Gasteiger partial charge in [0.15, 0.2) is 5.13 Å². The van der Waals surface area contributed by atoms with Crippen LogP contribution >= 0.6 is 11.3 Å². The first-order valence-electron chi connectivity index (χ1n) is 10.4. The van der Waals surface area contributed by atoms with Crippen LogP contribution in [0.15, 0.2) is 71.5 Å². The zero-order valence-corrected chi connectivity index (χ0v) is 20.1. The van der Waals surface area contributed by atoms with Gasteiger partial charge in [0.25, 0.3) is 5.91 Å². The second-order valence-electron chi connectivity index (χ2n) is 7.15. The highest BCUT2D eigenvalue weighted by Gasteiger charge is 2.26. The largest absolute Gasteiger partial charge is 0.280 e. The number of thiazole rings is 1. The second kappa shape index (κ2) is 10.2. The lowest BCUT2D eigenvalue weighted by Crippen LogP contribution is -2.33. The molecule has 2 aromatic carbocycles. The predicted octanol–water partition coefficient (Wildman–Crippen LogP) is 4.98. The standard InChI is InChI=1S/C24H27N3O3S2/c1-5-15-27(24-25-22(17-31-24)19-11-9-8-10-12-19)23(28)21-16-20(14-13-18(21)4)32(29,30)26(6-2)7-3/h5,8-14,16-17H,1,6-7,15H2,2-4H3. The summed E-state index contributed by atoms with van der Waals surface area (Å²) in [7, 11) is -3.68. The van der Waals surface area contributed by atoms with E-state index in [1.54, 1.807) is 39.0 Å². The summed E-state index contributed by atoms with van der Waals surface area (Å²) in [6.07, 6.45) is 1.63. The lowest BCUT2D eigenvalue weighted by atomic mass is 10.1. The number of hydrogen-bond donors (Lipinski definition) is 0. The molecule has 0 saturated heterocycles. The van der Waals surface area contributed by atoms with Crippen LogP contribution in [0.3, 0.4) is 0 Å². The smallest absolute Gasteiger partial charge is 0.260 e. The molecule has 1 aromatic heterocycles. The van der Waals surface area contributed by atoms with Crippen molar-refractivity contribution in [2.75, 3.05) is 24.5 Å². The molecule has 0 bridgehead atoms. The summed E-state index contributed by atoms with van der Waals surface area (Å²) in [5.41, 5.74) is 2.77. The number of rotatable bonds is 9. The molecule has 0 spiro atoms. The monoisotopic (exact) mass is 469 g/mol. The van der Waals surface area contributed by atoms with Gasteiger partial charge in [-0.15, -0.1) is 17.9 Å². The Bertz CT molecular complexity index is 1200. The number of carbonyl (C=O) groups is 1. The van der Waals surface area contributed by atoms with Crippen LogP contribution in [-0.2, 0) is 10.0 Å². The molecule has 0 aliphatic carbocycles. The number of benzene rings is 2. The molecular formula is C24H27N3O3S2. The molecule has 0 unspecified atom stereocenters. The molecule has 0 N–H and O–H groups in total. The van der Waals surface area contributed by atoms with Crippen LogP contribution in [0.25, 0.3) is 11.3 Å². The van der Waals surface area contributed by atoms with E-state index >= 15 is 0 Å². The molecule has 8 heteroatoms. The number of sulfonamides is 1. The van der Waals surface area contributed by atoms with Crippen molar-refractivity contribution in [1.29, 1.82) is 0 Å². The van der Waals surface area contributed by atoms with E-state index in [-0.39, 0.29) is 17.3 Å². The van der Waals surface area contributed by atoms with E-state index in [1.807, 2.05) is 35.7 Å². The minimum atomic E-state index is -3.68. The number of nitrogens with zero attached hydrogens (tertiary/aromatic N) is 3. The molecule has 0 aliphatic heterocycles. The second-order valence-corrected chi connectivity index (χ2v) is 9.93. The van der Waals surface area contributed by atoms with Crippen molar-refractivity contribution in [1.82, 2.24) is 9.29 Å². The Morgan fingerprint density at radius 3 is 2.44 bits per heavy atom. The van der Waals surface area contributed by atoms with Gasteiger partial charge in [-0.25, -0.2) is 13.4 Å². The third kappa shape index (κ3) is 4.82. The summed E-state index contributed by atoms with van der Waals surface area (Å²) >= 11 is 1.36. The number of amides is 1. The van der Waals surface area contributed by atoms with Crippen molar-refractivity contribution in [2.24, 2.45) is 0 Å². The van der Waals surface area contributed by atoms with Crippen molar-refractivity contribution in [3.05, 3.63) is 77.7 Å². The molecule has 3 aromatic rings. The zero-order valence-electron chi connectivity index (χ0n) is 18.5. The van der Waals surface area contributed by atoms with Crippen LogP contribution in [0.1, 0.15) is 29.8 Å². The van der Waals surface area contributed by atoms with E-state index in [2.05, 4.69) is 11.6 Å². The lowest BCUT2D eigenvalue weighted by molar-refractivity contribution is 0.0989. The fourth-order valence-corrected chi connectivity index (χ4v) is 5.68. The van der Waals surface area contributed by atoms with Gasteiger partial charge in [-0.1, -0.05) is 56.3 Å². The van der Waals surface area contributed by atoms with Crippen LogP contribution in [0.2, 0.25) is 0 Å². The number of aryl methyl sites for hydroxylation is 1. The van der Waals surface area contributed by atoms with E-state index in [9.17, 15) is 13.2 Å². The Kier molecular flexibility index (Phi) is 7.60. The lowest BCUT2D eigenvalue weighted by Gasteiger charge is -2.21. The molecule has 1 heterocycles. The van der Waals surface area contributed by atoms with Crippen molar-refractivity contribution in [3.8, 4) is 11.3 Å². The van der Waals surface area contributed by atoms with Gasteiger partial charge in [0.2, 0.25) is 10.0 Å². The molecule has 32 heavy (non-hydrogen) atoms. The Morgan fingerprint density at radius 2 is 1.81 bits per heavy atom. The minimum absolute atomic E-state index is 0.109. The quantitative estimate of drug-likeness (QED) is 0.414.